The first-order valence-corrected chi connectivity index (χ1v) is 10.6. The SMILES string of the molecule is CC(C(=O)Nc1ccccc1N1CCCCC1)S(=O)(=O)c1ccc(F)cc1. The second kappa shape index (κ2) is 8.08. The lowest BCUT2D eigenvalue weighted by Crippen LogP contribution is -2.34. The number of carbonyl (C=O) groups excluding carboxylic acids is 1. The van der Waals surface area contributed by atoms with Gasteiger partial charge in [0.15, 0.2) is 9.84 Å². The second-order valence-electron chi connectivity index (χ2n) is 6.70. The van der Waals surface area contributed by atoms with E-state index in [9.17, 15) is 17.6 Å². The van der Waals surface area contributed by atoms with Gasteiger partial charge in [-0.25, -0.2) is 12.8 Å². The maximum Gasteiger partial charge on any atom is 0.242 e. The van der Waals surface area contributed by atoms with E-state index in [-0.39, 0.29) is 4.90 Å². The first-order chi connectivity index (χ1) is 12.9. The number of piperidine rings is 1. The average molecular weight is 390 g/mol. The summed E-state index contributed by atoms with van der Waals surface area (Å²) in [5.74, 6) is -1.13. The highest BCUT2D eigenvalue weighted by Crippen LogP contribution is 2.29. The van der Waals surface area contributed by atoms with Crippen LogP contribution in [0.2, 0.25) is 0 Å². The first kappa shape index (κ1) is 19.4. The van der Waals surface area contributed by atoms with E-state index in [1.165, 1.54) is 25.5 Å². The van der Waals surface area contributed by atoms with Gasteiger partial charge in [-0.05, 0) is 62.6 Å². The smallest absolute Gasteiger partial charge is 0.242 e. The Balaban J connectivity index is 1.80. The summed E-state index contributed by atoms with van der Waals surface area (Å²) >= 11 is 0. The molecule has 1 fully saturated rings. The van der Waals surface area contributed by atoms with Crippen molar-refractivity contribution in [3.8, 4) is 0 Å². The van der Waals surface area contributed by atoms with Gasteiger partial charge in [0.1, 0.15) is 11.1 Å². The van der Waals surface area contributed by atoms with Gasteiger partial charge in [0.2, 0.25) is 5.91 Å². The van der Waals surface area contributed by atoms with Gasteiger partial charge < -0.3 is 10.2 Å². The zero-order chi connectivity index (χ0) is 19.4. The summed E-state index contributed by atoms with van der Waals surface area (Å²) in [6.45, 7) is 3.17. The third-order valence-corrected chi connectivity index (χ3v) is 6.91. The molecule has 27 heavy (non-hydrogen) atoms. The quantitative estimate of drug-likeness (QED) is 0.792. The van der Waals surface area contributed by atoms with Crippen LogP contribution in [0.4, 0.5) is 15.8 Å². The lowest BCUT2D eigenvalue weighted by atomic mass is 10.1. The number of benzene rings is 2. The summed E-state index contributed by atoms with van der Waals surface area (Å²) in [4.78, 5) is 14.8. The number of amides is 1. The molecule has 1 heterocycles. The lowest BCUT2D eigenvalue weighted by molar-refractivity contribution is -0.115. The van der Waals surface area contributed by atoms with E-state index in [1.54, 1.807) is 6.07 Å². The number of hydrogen-bond donors (Lipinski definition) is 1. The Morgan fingerprint density at radius 1 is 1.04 bits per heavy atom. The number of carbonyl (C=O) groups is 1. The highest BCUT2D eigenvalue weighted by molar-refractivity contribution is 7.92. The molecule has 1 unspecified atom stereocenters. The van der Waals surface area contributed by atoms with Crippen LogP contribution < -0.4 is 10.2 Å². The van der Waals surface area contributed by atoms with Gasteiger partial charge in [0.25, 0.3) is 0 Å². The Labute approximate surface area is 159 Å². The molecule has 1 aliphatic heterocycles. The Morgan fingerprint density at radius 3 is 2.33 bits per heavy atom. The van der Waals surface area contributed by atoms with Crippen molar-refractivity contribution in [2.75, 3.05) is 23.3 Å². The Hall–Kier alpha value is -2.41. The molecule has 2 aromatic rings. The number of halogens is 1. The minimum atomic E-state index is -3.91. The Morgan fingerprint density at radius 2 is 1.67 bits per heavy atom. The van der Waals surface area contributed by atoms with E-state index < -0.39 is 26.8 Å². The highest BCUT2D eigenvalue weighted by atomic mass is 32.2. The lowest BCUT2D eigenvalue weighted by Gasteiger charge is -2.30. The molecule has 2 aromatic carbocycles. The van der Waals surface area contributed by atoms with E-state index >= 15 is 0 Å². The van der Waals surface area contributed by atoms with Gasteiger partial charge in [0, 0.05) is 13.1 Å². The molecule has 1 saturated heterocycles. The van der Waals surface area contributed by atoms with Crippen LogP contribution in [0.5, 0.6) is 0 Å². The van der Waals surface area contributed by atoms with Gasteiger partial charge >= 0.3 is 0 Å². The second-order valence-corrected chi connectivity index (χ2v) is 8.96. The van der Waals surface area contributed by atoms with E-state index in [4.69, 9.17) is 0 Å². The molecule has 0 saturated carbocycles. The summed E-state index contributed by atoms with van der Waals surface area (Å²) in [5.41, 5.74) is 1.50. The maximum absolute atomic E-state index is 13.1. The monoisotopic (exact) mass is 390 g/mol. The molecule has 1 amide bonds. The molecule has 1 atom stereocenters. The fraction of sp³-hybridized carbons (Fsp3) is 0.350. The molecule has 144 valence electrons. The zero-order valence-electron chi connectivity index (χ0n) is 15.2. The fourth-order valence-electron chi connectivity index (χ4n) is 3.19. The first-order valence-electron chi connectivity index (χ1n) is 9.04. The molecule has 1 aliphatic rings. The van der Waals surface area contributed by atoms with Crippen LogP contribution in [0, 0.1) is 5.82 Å². The summed E-state index contributed by atoms with van der Waals surface area (Å²) < 4.78 is 38.4. The largest absolute Gasteiger partial charge is 0.370 e. The number of sulfone groups is 1. The number of para-hydroxylation sites is 2. The van der Waals surface area contributed by atoms with E-state index in [2.05, 4.69) is 10.2 Å². The molecule has 1 N–H and O–H groups in total. The number of rotatable bonds is 5. The summed E-state index contributed by atoms with van der Waals surface area (Å²) in [6, 6.07) is 11.9. The third-order valence-electron chi connectivity index (χ3n) is 4.84. The minimum Gasteiger partial charge on any atom is -0.370 e. The minimum absolute atomic E-state index is 0.0733. The predicted octanol–water partition coefficient (Wildman–Crippen LogP) is 3.62. The predicted molar refractivity (Wildman–Crippen MR) is 104 cm³/mol. The van der Waals surface area contributed by atoms with Crippen molar-refractivity contribution in [1.82, 2.24) is 0 Å². The summed E-state index contributed by atoms with van der Waals surface area (Å²) in [6.07, 6.45) is 3.38. The van der Waals surface area contributed by atoms with Crippen molar-refractivity contribution in [2.45, 2.75) is 36.3 Å². The zero-order valence-corrected chi connectivity index (χ0v) is 16.0. The molecule has 0 aliphatic carbocycles. The molecular formula is C20H23FN2O3S. The fourth-order valence-corrected chi connectivity index (χ4v) is 4.46. The normalized spacial score (nSPS) is 16.0. The third kappa shape index (κ3) is 4.30. The number of anilines is 2. The van der Waals surface area contributed by atoms with E-state index in [0.717, 1.165) is 43.8 Å². The van der Waals surface area contributed by atoms with Crippen molar-refractivity contribution in [1.29, 1.82) is 0 Å². The van der Waals surface area contributed by atoms with Crippen LogP contribution in [-0.4, -0.2) is 32.7 Å². The maximum atomic E-state index is 13.1. The van der Waals surface area contributed by atoms with Crippen molar-refractivity contribution < 1.29 is 17.6 Å². The molecule has 3 rings (SSSR count). The van der Waals surface area contributed by atoms with Crippen LogP contribution in [0.3, 0.4) is 0 Å². The molecular weight excluding hydrogens is 367 g/mol. The summed E-state index contributed by atoms with van der Waals surface area (Å²) in [7, 11) is -3.91. The average Bonchev–Trinajstić information content (AvgIpc) is 2.68. The van der Waals surface area contributed by atoms with E-state index in [0.29, 0.717) is 5.69 Å². The van der Waals surface area contributed by atoms with Crippen LogP contribution in [-0.2, 0) is 14.6 Å². The molecule has 0 radical (unpaired) electrons. The molecule has 0 spiro atoms. The van der Waals surface area contributed by atoms with Crippen LogP contribution in [0.1, 0.15) is 26.2 Å². The van der Waals surface area contributed by atoms with Gasteiger partial charge in [-0.15, -0.1) is 0 Å². The number of hydrogen-bond acceptors (Lipinski definition) is 4. The number of nitrogens with one attached hydrogen (secondary N) is 1. The van der Waals surface area contributed by atoms with Crippen LogP contribution in [0.15, 0.2) is 53.4 Å². The van der Waals surface area contributed by atoms with Crippen molar-refractivity contribution >= 4 is 27.1 Å². The molecule has 5 nitrogen and oxygen atoms in total. The number of nitrogens with zero attached hydrogens (tertiary/aromatic N) is 1. The standard InChI is InChI=1S/C20H23FN2O3S/c1-15(27(25,26)17-11-9-16(21)10-12-17)20(24)22-18-7-3-4-8-19(18)23-13-5-2-6-14-23/h3-4,7-12,15H,2,5-6,13-14H2,1H3,(H,22,24). The van der Waals surface area contributed by atoms with Gasteiger partial charge in [-0.2, -0.15) is 0 Å². The molecule has 0 aromatic heterocycles. The topological polar surface area (TPSA) is 66.5 Å². The van der Waals surface area contributed by atoms with E-state index in [1.807, 2.05) is 18.2 Å². The highest BCUT2D eigenvalue weighted by Gasteiger charge is 2.30. The Kier molecular flexibility index (Phi) is 5.79. The van der Waals surface area contributed by atoms with Crippen molar-refractivity contribution in [3.05, 3.63) is 54.3 Å². The molecule has 0 bridgehead atoms. The van der Waals surface area contributed by atoms with Gasteiger partial charge in [-0.3, -0.25) is 4.79 Å². The van der Waals surface area contributed by atoms with Crippen molar-refractivity contribution in [3.63, 3.8) is 0 Å². The van der Waals surface area contributed by atoms with Crippen LogP contribution >= 0.6 is 0 Å². The van der Waals surface area contributed by atoms with Crippen molar-refractivity contribution in [2.24, 2.45) is 0 Å². The molecule has 7 heteroatoms. The summed E-state index contributed by atoms with van der Waals surface area (Å²) in [5, 5.41) is 1.47. The van der Waals surface area contributed by atoms with Crippen LogP contribution in [0.25, 0.3) is 0 Å². The van der Waals surface area contributed by atoms with Gasteiger partial charge in [0.05, 0.1) is 16.3 Å². The van der Waals surface area contributed by atoms with Gasteiger partial charge in [-0.1, -0.05) is 12.1 Å². The Bertz CT molecular complexity index is 907.